The van der Waals surface area contributed by atoms with Gasteiger partial charge in [-0.05, 0) is 24.3 Å². The summed E-state index contributed by atoms with van der Waals surface area (Å²) in [5, 5.41) is 0. The van der Waals surface area contributed by atoms with E-state index in [4.69, 9.17) is 0 Å². The fourth-order valence-corrected chi connectivity index (χ4v) is 4.45. The first kappa shape index (κ1) is 17.0. The first-order chi connectivity index (χ1) is 11.5. The molecule has 1 fully saturated rings. The van der Waals surface area contributed by atoms with Crippen molar-refractivity contribution in [2.45, 2.75) is 11.4 Å². The number of sulfonamides is 1. The third-order valence-electron chi connectivity index (χ3n) is 4.23. The van der Waals surface area contributed by atoms with Crippen LogP contribution in [0.4, 0.5) is 8.78 Å². The molecule has 0 atom stereocenters. The predicted octanol–water partition coefficient (Wildman–Crippen LogP) is 1.05. The number of nitrogens with one attached hydrogen (secondary N) is 1. The molecule has 128 valence electrons. The van der Waals surface area contributed by atoms with Gasteiger partial charge in [-0.1, -0.05) is 24.3 Å². The number of benzene rings is 2. The van der Waals surface area contributed by atoms with Gasteiger partial charge >= 0.3 is 0 Å². The molecule has 0 saturated carbocycles. The first-order valence-electron chi connectivity index (χ1n) is 7.79. The van der Waals surface area contributed by atoms with Gasteiger partial charge in [0.05, 0.1) is 26.2 Å². The summed E-state index contributed by atoms with van der Waals surface area (Å²) < 4.78 is 53.4. The van der Waals surface area contributed by atoms with E-state index in [9.17, 15) is 17.2 Å². The molecule has 1 aliphatic rings. The fourth-order valence-electron chi connectivity index (χ4n) is 2.95. The first-order valence-corrected chi connectivity index (χ1v) is 9.23. The summed E-state index contributed by atoms with van der Waals surface area (Å²) in [6.07, 6.45) is 0. The van der Waals surface area contributed by atoms with Crippen molar-refractivity contribution in [3.05, 3.63) is 65.7 Å². The maximum absolute atomic E-state index is 13.8. The van der Waals surface area contributed by atoms with E-state index in [1.807, 2.05) is 6.07 Å². The number of piperazine rings is 1. The lowest BCUT2D eigenvalue weighted by molar-refractivity contribution is -0.917. The molecule has 0 aliphatic carbocycles. The molecule has 0 aromatic heterocycles. The van der Waals surface area contributed by atoms with Gasteiger partial charge in [0, 0.05) is 5.56 Å². The molecule has 1 aliphatic heterocycles. The highest BCUT2D eigenvalue weighted by molar-refractivity contribution is 7.89. The van der Waals surface area contributed by atoms with Gasteiger partial charge in [0.1, 0.15) is 23.1 Å². The molecule has 0 spiro atoms. The highest BCUT2D eigenvalue weighted by atomic mass is 32.2. The van der Waals surface area contributed by atoms with Crippen molar-refractivity contribution in [2.24, 2.45) is 0 Å². The molecule has 24 heavy (non-hydrogen) atoms. The van der Waals surface area contributed by atoms with Crippen LogP contribution in [0.25, 0.3) is 0 Å². The van der Waals surface area contributed by atoms with Crippen LogP contribution in [0, 0.1) is 11.6 Å². The zero-order valence-electron chi connectivity index (χ0n) is 13.1. The molecule has 2 aromatic rings. The van der Waals surface area contributed by atoms with Crippen LogP contribution in [0.2, 0.25) is 0 Å². The van der Waals surface area contributed by atoms with E-state index in [0.717, 1.165) is 11.6 Å². The van der Waals surface area contributed by atoms with Crippen LogP contribution in [0.15, 0.2) is 53.4 Å². The molecule has 2 aromatic carbocycles. The zero-order chi connectivity index (χ0) is 17.2. The third kappa shape index (κ3) is 3.63. The maximum atomic E-state index is 13.8. The summed E-state index contributed by atoms with van der Waals surface area (Å²) >= 11 is 0. The maximum Gasteiger partial charge on any atom is 0.246 e. The van der Waals surface area contributed by atoms with Crippen LogP contribution in [0.3, 0.4) is 0 Å². The topological polar surface area (TPSA) is 41.8 Å². The monoisotopic (exact) mass is 353 g/mol. The molecule has 3 rings (SSSR count). The van der Waals surface area contributed by atoms with Crippen LogP contribution < -0.4 is 4.90 Å². The van der Waals surface area contributed by atoms with Crippen LogP contribution >= 0.6 is 0 Å². The molecule has 0 radical (unpaired) electrons. The lowest BCUT2D eigenvalue weighted by atomic mass is 10.2. The smallest absolute Gasteiger partial charge is 0.246 e. The Hall–Kier alpha value is -1.83. The molecule has 0 unspecified atom stereocenters. The molecular formula is C17H19F2N2O2S+. The summed E-state index contributed by atoms with van der Waals surface area (Å²) in [5.41, 5.74) is 0.885. The Bertz CT molecular complexity index is 819. The second-order valence-corrected chi connectivity index (χ2v) is 7.80. The summed E-state index contributed by atoms with van der Waals surface area (Å²) in [7, 11) is -3.81. The van der Waals surface area contributed by atoms with Gasteiger partial charge in [-0.3, -0.25) is 0 Å². The van der Waals surface area contributed by atoms with Gasteiger partial charge in [-0.25, -0.2) is 17.2 Å². The summed E-state index contributed by atoms with van der Waals surface area (Å²) in [4.78, 5) is 0.902. The number of quaternary nitrogens is 1. The van der Waals surface area contributed by atoms with E-state index in [2.05, 4.69) is 0 Å². The zero-order valence-corrected chi connectivity index (χ0v) is 13.9. The highest BCUT2D eigenvalue weighted by Gasteiger charge is 2.32. The van der Waals surface area contributed by atoms with E-state index in [0.29, 0.717) is 32.7 Å². The van der Waals surface area contributed by atoms with Crippen molar-refractivity contribution >= 4 is 10.0 Å². The largest absolute Gasteiger partial charge is 0.329 e. The normalized spacial score (nSPS) is 17.1. The van der Waals surface area contributed by atoms with Crippen molar-refractivity contribution in [1.82, 2.24) is 4.31 Å². The summed E-state index contributed by atoms with van der Waals surface area (Å²) in [6.45, 7) is 2.49. The van der Waals surface area contributed by atoms with Crippen LogP contribution in [0.5, 0.6) is 0 Å². The SMILES string of the molecule is O=S(=O)(c1ccccc1F)N1CC[NH+](Cc2cccc(F)c2)CC1. The quantitative estimate of drug-likeness (QED) is 0.893. The van der Waals surface area contributed by atoms with Crippen LogP contribution in [0.1, 0.15) is 5.56 Å². The minimum absolute atomic E-state index is 0.271. The van der Waals surface area contributed by atoms with E-state index in [1.165, 1.54) is 39.5 Å². The average molecular weight is 353 g/mol. The standard InChI is InChI=1S/C17H18F2N2O2S/c18-15-5-3-4-14(12-15)13-20-8-10-21(11-9-20)24(22,23)17-7-2-1-6-16(17)19/h1-7,12H,8-11,13H2/p+1. The van der Waals surface area contributed by atoms with Gasteiger partial charge in [-0.15, -0.1) is 0 Å². The number of rotatable bonds is 4. The van der Waals surface area contributed by atoms with Crippen molar-refractivity contribution in [3.63, 3.8) is 0 Å². The average Bonchev–Trinajstić information content (AvgIpc) is 2.55. The van der Waals surface area contributed by atoms with E-state index in [-0.39, 0.29) is 10.7 Å². The Morgan fingerprint density at radius 2 is 1.71 bits per heavy atom. The van der Waals surface area contributed by atoms with Gasteiger partial charge in [0.2, 0.25) is 10.0 Å². The molecule has 1 heterocycles. The third-order valence-corrected chi connectivity index (χ3v) is 6.16. The van der Waals surface area contributed by atoms with Crippen molar-refractivity contribution in [2.75, 3.05) is 26.2 Å². The lowest BCUT2D eigenvalue weighted by Crippen LogP contribution is -3.13. The van der Waals surface area contributed by atoms with Crippen molar-refractivity contribution in [1.29, 1.82) is 0 Å². The molecule has 4 nitrogen and oxygen atoms in total. The summed E-state index contributed by atoms with van der Waals surface area (Å²) in [5.74, 6) is -1.00. The van der Waals surface area contributed by atoms with Crippen LogP contribution in [-0.4, -0.2) is 38.9 Å². The molecule has 0 bridgehead atoms. The Labute approximate surface area is 140 Å². The molecular weight excluding hydrogens is 334 g/mol. The molecule has 1 N–H and O–H groups in total. The second kappa shape index (κ2) is 6.96. The minimum atomic E-state index is -3.81. The van der Waals surface area contributed by atoms with Crippen molar-refractivity contribution in [3.8, 4) is 0 Å². The highest BCUT2D eigenvalue weighted by Crippen LogP contribution is 2.18. The molecule has 7 heteroatoms. The molecule has 1 saturated heterocycles. The minimum Gasteiger partial charge on any atom is -0.329 e. The Balaban J connectivity index is 1.66. The second-order valence-electron chi connectivity index (χ2n) is 5.89. The van der Waals surface area contributed by atoms with Gasteiger partial charge < -0.3 is 4.90 Å². The van der Waals surface area contributed by atoms with E-state index >= 15 is 0 Å². The van der Waals surface area contributed by atoms with Gasteiger partial charge in [0.25, 0.3) is 0 Å². The Morgan fingerprint density at radius 1 is 1.00 bits per heavy atom. The lowest BCUT2D eigenvalue weighted by Gasteiger charge is -2.31. The van der Waals surface area contributed by atoms with E-state index < -0.39 is 15.8 Å². The van der Waals surface area contributed by atoms with E-state index in [1.54, 1.807) is 6.07 Å². The fraction of sp³-hybridized carbons (Fsp3) is 0.294. The number of nitrogens with zero attached hydrogens (tertiary/aromatic N) is 1. The van der Waals surface area contributed by atoms with Crippen LogP contribution in [-0.2, 0) is 16.6 Å². The Kier molecular flexibility index (Phi) is 4.93. The Morgan fingerprint density at radius 3 is 2.38 bits per heavy atom. The summed E-state index contributed by atoms with van der Waals surface area (Å²) in [6, 6.07) is 11.8. The molecule has 0 amide bonds. The van der Waals surface area contributed by atoms with Gasteiger partial charge in [-0.2, -0.15) is 4.31 Å². The van der Waals surface area contributed by atoms with Gasteiger partial charge in [0.15, 0.2) is 0 Å². The van der Waals surface area contributed by atoms with Crippen molar-refractivity contribution < 1.29 is 22.1 Å². The number of hydrogen-bond donors (Lipinski definition) is 1. The number of hydrogen-bond acceptors (Lipinski definition) is 2. The predicted molar refractivity (Wildman–Crippen MR) is 86.0 cm³/mol. The number of halogens is 2.